The van der Waals surface area contributed by atoms with Crippen LogP contribution in [-0.4, -0.2) is 16.7 Å². The topological polar surface area (TPSA) is 46.4 Å². The molecule has 4 rings (SSSR count). The van der Waals surface area contributed by atoms with Gasteiger partial charge in [-0.15, -0.1) is 11.8 Å². The zero-order valence-corrected chi connectivity index (χ0v) is 22.8. The third-order valence-electron chi connectivity index (χ3n) is 5.77. The molecule has 35 heavy (non-hydrogen) atoms. The van der Waals surface area contributed by atoms with Crippen LogP contribution in [-0.2, 0) is 5.75 Å². The number of hydrogen-bond donors (Lipinski definition) is 1. The lowest BCUT2D eigenvalue weighted by Gasteiger charge is -2.12. The fourth-order valence-corrected chi connectivity index (χ4v) is 5.37. The van der Waals surface area contributed by atoms with Crippen LogP contribution in [0.2, 0.25) is 5.02 Å². The summed E-state index contributed by atoms with van der Waals surface area (Å²) < 4.78 is 3.15. The zero-order valence-electron chi connectivity index (χ0n) is 19.7. The number of carbonyl (C=O) groups is 1. The normalized spacial score (nSPS) is 11.2. The number of para-hydroxylation sites is 1. The van der Waals surface area contributed by atoms with Gasteiger partial charge in [-0.25, -0.2) is 5.43 Å². The van der Waals surface area contributed by atoms with E-state index in [1.807, 2.05) is 67.6 Å². The van der Waals surface area contributed by atoms with E-state index in [9.17, 15) is 4.79 Å². The molecule has 178 valence electrons. The van der Waals surface area contributed by atoms with E-state index in [0.29, 0.717) is 5.56 Å². The number of carbonyl (C=O) groups excluding carboxylic acids is 1. The minimum atomic E-state index is -0.248. The molecule has 0 saturated heterocycles. The fourth-order valence-electron chi connectivity index (χ4n) is 3.82. The van der Waals surface area contributed by atoms with E-state index in [-0.39, 0.29) is 5.91 Å². The zero-order chi connectivity index (χ0) is 24.9. The van der Waals surface area contributed by atoms with Gasteiger partial charge in [-0.05, 0) is 90.3 Å². The average Bonchev–Trinajstić information content (AvgIpc) is 3.07. The molecule has 0 aliphatic rings. The number of nitrogens with one attached hydrogen (secondary N) is 1. The van der Waals surface area contributed by atoms with E-state index in [2.05, 4.69) is 57.0 Å². The number of benzene rings is 3. The summed E-state index contributed by atoms with van der Waals surface area (Å²) in [6.07, 6.45) is 1.69. The van der Waals surface area contributed by atoms with Crippen LogP contribution in [0.1, 0.15) is 38.4 Å². The summed E-state index contributed by atoms with van der Waals surface area (Å²) in [5.74, 6) is 0.564. The van der Waals surface area contributed by atoms with Gasteiger partial charge in [0, 0.05) is 48.3 Å². The largest absolute Gasteiger partial charge is 0.316 e. The molecule has 0 bridgehead atoms. The van der Waals surface area contributed by atoms with Crippen molar-refractivity contribution in [2.24, 2.45) is 5.10 Å². The summed E-state index contributed by atoms with van der Waals surface area (Å²) in [5.41, 5.74) is 9.72. The van der Waals surface area contributed by atoms with Gasteiger partial charge in [0.1, 0.15) is 0 Å². The number of hydrogen-bond acceptors (Lipinski definition) is 3. The molecular weight excluding hydrogens is 542 g/mol. The standard InChI is InChI=1S/C28H25BrClN3OS/c1-18-6-4-5-7-26(18)33-19(2)25(27(29)20(33)3)16-31-32-28(34)22-10-8-21(9-11-22)17-35-24-14-12-23(30)13-15-24/h4-16H,17H2,1-3H3,(H,32,34)/b31-16-. The number of rotatable bonds is 7. The van der Waals surface area contributed by atoms with Gasteiger partial charge >= 0.3 is 0 Å². The molecule has 4 nitrogen and oxygen atoms in total. The van der Waals surface area contributed by atoms with Crippen LogP contribution in [0.15, 0.2) is 87.3 Å². The Labute approximate surface area is 223 Å². The Bertz CT molecular complexity index is 1380. The van der Waals surface area contributed by atoms with Crippen LogP contribution < -0.4 is 5.43 Å². The van der Waals surface area contributed by atoms with Gasteiger partial charge in [-0.3, -0.25) is 4.79 Å². The number of amides is 1. The second kappa shape index (κ2) is 11.3. The predicted octanol–water partition coefficient (Wildman–Crippen LogP) is 7.87. The number of halogens is 2. The lowest BCUT2D eigenvalue weighted by atomic mass is 10.1. The van der Waals surface area contributed by atoms with Crippen molar-refractivity contribution in [2.75, 3.05) is 0 Å². The molecule has 3 aromatic carbocycles. The quantitative estimate of drug-likeness (QED) is 0.141. The van der Waals surface area contributed by atoms with Gasteiger partial charge in [-0.2, -0.15) is 5.10 Å². The maximum atomic E-state index is 12.6. The predicted molar refractivity (Wildman–Crippen MR) is 150 cm³/mol. The second-order valence-corrected chi connectivity index (χ2v) is 10.4. The molecule has 0 fully saturated rings. The number of aromatic nitrogens is 1. The summed E-state index contributed by atoms with van der Waals surface area (Å²) in [4.78, 5) is 13.8. The van der Waals surface area contributed by atoms with Gasteiger partial charge in [0.05, 0.1) is 6.21 Å². The molecule has 7 heteroatoms. The molecule has 1 heterocycles. The summed E-state index contributed by atoms with van der Waals surface area (Å²) in [6.45, 7) is 6.21. The fraction of sp³-hybridized carbons (Fsp3) is 0.143. The molecule has 0 radical (unpaired) electrons. The molecule has 0 spiro atoms. The Hall–Kier alpha value is -2.80. The molecule has 1 aromatic heterocycles. The highest BCUT2D eigenvalue weighted by molar-refractivity contribution is 9.10. The van der Waals surface area contributed by atoms with Crippen LogP contribution in [0.4, 0.5) is 0 Å². The van der Waals surface area contributed by atoms with Crippen LogP contribution in [0.5, 0.6) is 0 Å². The molecule has 0 unspecified atom stereocenters. The third kappa shape index (κ3) is 5.89. The number of aryl methyl sites for hydroxylation is 1. The Morgan fingerprint density at radius 3 is 2.37 bits per heavy atom. The van der Waals surface area contributed by atoms with Crippen molar-refractivity contribution in [1.82, 2.24) is 9.99 Å². The first-order chi connectivity index (χ1) is 16.8. The Balaban J connectivity index is 1.41. The Morgan fingerprint density at radius 1 is 1.00 bits per heavy atom. The maximum Gasteiger partial charge on any atom is 0.271 e. The van der Waals surface area contributed by atoms with Crippen molar-refractivity contribution in [1.29, 1.82) is 0 Å². The van der Waals surface area contributed by atoms with Gasteiger partial charge in [0.25, 0.3) is 5.91 Å². The third-order valence-corrected chi connectivity index (χ3v) is 8.10. The number of nitrogens with zero attached hydrogens (tertiary/aromatic N) is 2. The van der Waals surface area contributed by atoms with Crippen molar-refractivity contribution in [3.05, 3.63) is 116 Å². The van der Waals surface area contributed by atoms with Crippen LogP contribution in [0, 0.1) is 20.8 Å². The highest BCUT2D eigenvalue weighted by atomic mass is 79.9. The molecule has 0 aliphatic heterocycles. The number of thioether (sulfide) groups is 1. The summed E-state index contributed by atoms with van der Waals surface area (Å²) in [7, 11) is 0. The van der Waals surface area contributed by atoms with Crippen molar-refractivity contribution < 1.29 is 4.79 Å². The molecule has 0 atom stereocenters. The van der Waals surface area contributed by atoms with Crippen molar-refractivity contribution in [3.8, 4) is 5.69 Å². The summed E-state index contributed by atoms with van der Waals surface area (Å²) in [5, 5.41) is 4.96. The Kier molecular flexibility index (Phi) is 8.16. The van der Waals surface area contributed by atoms with Gasteiger partial charge < -0.3 is 4.57 Å². The van der Waals surface area contributed by atoms with E-state index in [4.69, 9.17) is 11.6 Å². The Morgan fingerprint density at radius 2 is 1.69 bits per heavy atom. The van der Waals surface area contributed by atoms with E-state index >= 15 is 0 Å². The van der Waals surface area contributed by atoms with E-state index in [1.165, 1.54) is 5.56 Å². The molecule has 1 amide bonds. The van der Waals surface area contributed by atoms with Crippen LogP contribution in [0.25, 0.3) is 5.69 Å². The molecular formula is C28H25BrClN3OS. The molecule has 0 aliphatic carbocycles. The highest BCUT2D eigenvalue weighted by Crippen LogP contribution is 2.30. The first-order valence-electron chi connectivity index (χ1n) is 11.1. The van der Waals surface area contributed by atoms with Crippen molar-refractivity contribution >= 4 is 51.4 Å². The SMILES string of the molecule is Cc1ccccc1-n1c(C)c(Br)c(/C=N\NC(=O)c2ccc(CSc3ccc(Cl)cc3)cc2)c1C. The highest BCUT2D eigenvalue weighted by Gasteiger charge is 2.16. The van der Waals surface area contributed by atoms with Gasteiger partial charge in [0.15, 0.2) is 0 Å². The summed E-state index contributed by atoms with van der Waals surface area (Å²) >= 11 is 11.4. The number of hydrazone groups is 1. The second-order valence-electron chi connectivity index (χ2n) is 8.16. The minimum Gasteiger partial charge on any atom is -0.316 e. The minimum absolute atomic E-state index is 0.248. The average molecular weight is 567 g/mol. The summed E-state index contributed by atoms with van der Waals surface area (Å²) in [6, 6.07) is 23.6. The molecule has 4 aromatic rings. The molecule has 1 N–H and O–H groups in total. The van der Waals surface area contributed by atoms with Crippen LogP contribution in [0.3, 0.4) is 0 Å². The lowest BCUT2D eigenvalue weighted by molar-refractivity contribution is 0.0955. The maximum absolute atomic E-state index is 12.6. The van der Waals surface area contributed by atoms with Crippen LogP contribution >= 0.6 is 39.3 Å². The first kappa shape index (κ1) is 25.3. The smallest absolute Gasteiger partial charge is 0.271 e. The van der Waals surface area contributed by atoms with E-state index < -0.39 is 0 Å². The first-order valence-corrected chi connectivity index (χ1v) is 13.2. The monoisotopic (exact) mass is 565 g/mol. The van der Waals surface area contributed by atoms with Gasteiger partial charge in [-0.1, -0.05) is 41.9 Å². The molecule has 0 saturated carbocycles. The van der Waals surface area contributed by atoms with Gasteiger partial charge in [0.2, 0.25) is 0 Å². The van der Waals surface area contributed by atoms with Crippen molar-refractivity contribution in [3.63, 3.8) is 0 Å². The van der Waals surface area contributed by atoms with Crippen molar-refractivity contribution in [2.45, 2.75) is 31.4 Å². The van der Waals surface area contributed by atoms with E-state index in [0.717, 1.165) is 48.3 Å². The van der Waals surface area contributed by atoms with E-state index in [1.54, 1.807) is 18.0 Å². The lowest BCUT2D eigenvalue weighted by Crippen LogP contribution is -2.17.